The smallest absolute Gasteiger partial charge is 0.371 e. The number of aromatic carboxylic acids is 1. The number of anilines is 1. The van der Waals surface area contributed by atoms with Gasteiger partial charge in [0, 0.05) is 17.6 Å². The summed E-state index contributed by atoms with van der Waals surface area (Å²) in [6, 6.07) is 10.3. The minimum absolute atomic E-state index is 0.0821. The summed E-state index contributed by atoms with van der Waals surface area (Å²) >= 11 is 17.9. The third-order valence-corrected chi connectivity index (χ3v) is 4.47. The molecule has 0 amide bonds. The predicted molar refractivity (Wildman–Crippen MR) is 92.0 cm³/mol. The molecule has 0 spiro atoms. The highest BCUT2D eigenvalue weighted by molar-refractivity contribution is 6.48. The van der Waals surface area contributed by atoms with E-state index < -0.39 is 5.97 Å². The van der Waals surface area contributed by atoms with Gasteiger partial charge in [0.15, 0.2) is 0 Å². The van der Waals surface area contributed by atoms with Crippen LogP contribution in [0.5, 0.6) is 0 Å². The maximum absolute atomic E-state index is 10.9. The molecular formula is C16H10Cl3NO3. The van der Waals surface area contributed by atoms with Gasteiger partial charge in [-0.1, -0.05) is 46.9 Å². The van der Waals surface area contributed by atoms with Gasteiger partial charge in [0.2, 0.25) is 5.76 Å². The van der Waals surface area contributed by atoms with E-state index in [1.54, 1.807) is 18.2 Å². The predicted octanol–water partition coefficient (Wildman–Crippen LogP) is 5.70. The second-order valence-electron chi connectivity index (χ2n) is 4.90. The maximum Gasteiger partial charge on any atom is 0.371 e. The molecule has 0 aliphatic heterocycles. The molecule has 3 rings (SSSR count). The monoisotopic (exact) mass is 369 g/mol. The SMILES string of the molecule is O=C(O)c1cc2ccc(CNc3cc(Cl)c(Cl)c(Cl)c3)cc2o1. The van der Waals surface area contributed by atoms with Crippen molar-refractivity contribution in [1.82, 2.24) is 0 Å². The summed E-state index contributed by atoms with van der Waals surface area (Å²) in [5, 5.41) is 13.9. The minimum atomic E-state index is -1.09. The van der Waals surface area contributed by atoms with E-state index in [9.17, 15) is 4.79 Å². The first-order valence-corrected chi connectivity index (χ1v) is 7.71. The number of carbonyl (C=O) groups is 1. The molecule has 0 atom stereocenters. The van der Waals surface area contributed by atoms with Crippen LogP contribution in [0.3, 0.4) is 0 Å². The van der Waals surface area contributed by atoms with E-state index in [0.29, 0.717) is 27.2 Å². The van der Waals surface area contributed by atoms with E-state index in [1.165, 1.54) is 6.07 Å². The van der Waals surface area contributed by atoms with Crippen LogP contribution < -0.4 is 5.32 Å². The Morgan fingerprint density at radius 3 is 2.43 bits per heavy atom. The number of carboxylic acids is 1. The number of fused-ring (bicyclic) bond motifs is 1. The Bertz CT molecular complexity index is 882. The molecule has 1 aromatic heterocycles. The Labute approximate surface area is 146 Å². The lowest BCUT2D eigenvalue weighted by Crippen LogP contribution is -1.99. The molecule has 0 aliphatic rings. The van der Waals surface area contributed by atoms with Crippen LogP contribution in [0.25, 0.3) is 11.0 Å². The Balaban J connectivity index is 1.80. The van der Waals surface area contributed by atoms with Crippen LogP contribution in [0.2, 0.25) is 15.1 Å². The normalized spacial score (nSPS) is 10.9. The number of rotatable bonds is 4. The highest BCUT2D eigenvalue weighted by Crippen LogP contribution is 2.33. The Morgan fingerprint density at radius 2 is 1.78 bits per heavy atom. The Kier molecular flexibility index (Phi) is 4.39. The van der Waals surface area contributed by atoms with Gasteiger partial charge in [-0.25, -0.2) is 4.79 Å². The molecule has 3 aromatic rings. The number of hydrogen-bond acceptors (Lipinski definition) is 3. The van der Waals surface area contributed by atoms with E-state index >= 15 is 0 Å². The zero-order valence-electron chi connectivity index (χ0n) is 11.6. The minimum Gasteiger partial charge on any atom is -0.475 e. The highest BCUT2D eigenvalue weighted by atomic mass is 35.5. The van der Waals surface area contributed by atoms with Crippen LogP contribution in [0.15, 0.2) is 40.8 Å². The van der Waals surface area contributed by atoms with E-state index in [2.05, 4.69) is 5.32 Å². The van der Waals surface area contributed by atoms with Gasteiger partial charge in [0.25, 0.3) is 0 Å². The van der Waals surface area contributed by atoms with Crippen molar-refractivity contribution in [1.29, 1.82) is 0 Å². The number of halogens is 3. The number of benzene rings is 2. The van der Waals surface area contributed by atoms with Crippen LogP contribution >= 0.6 is 34.8 Å². The summed E-state index contributed by atoms with van der Waals surface area (Å²) in [6.45, 7) is 0.493. The van der Waals surface area contributed by atoms with Crippen LogP contribution in [-0.4, -0.2) is 11.1 Å². The number of nitrogens with one attached hydrogen (secondary N) is 1. The largest absolute Gasteiger partial charge is 0.475 e. The van der Waals surface area contributed by atoms with Gasteiger partial charge in [-0.3, -0.25) is 0 Å². The van der Waals surface area contributed by atoms with Gasteiger partial charge in [0.1, 0.15) is 5.58 Å². The quantitative estimate of drug-likeness (QED) is 0.578. The molecular weight excluding hydrogens is 361 g/mol. The van der Waals surface area contributed by atoms with Crippen LogP contribution in [-0.2, 0) is 6.54 Å². The van der Waals surface area contributed by atoms with Crippen molar-refractivity contribution in [2.75, 3.05) is 5.32 Å². The summed E-state index contributed by atoms with van der Waals surface area (Å²) in [7, 11) is 0. The summed E-state index contributed by atoms with van der Waals surface area (Å²) in [6.07, 6.45) is 0. The van der Waals surface area contributed by atoms with E-state index in [1.807, 2.05) is 12.1 Å². The van der Waals surface area contributed by atoms with Gasteiger partial charge in [-0.05, 0) is 29.8 Å². The molecule has 0 aliphatic carbocycles. The van der Waals surface area contributed by atoms with Gasteiger partial charge in [0.05, 0.1) is 15.1 Å². The first-order valence-electron chi connectivity index (χ1n) is 6.58. The lowest BCUT2D eigenvalue weighted by atomic mass is 10.1. The second-order valence-corrected chi connectivity index (χ2v) is 6.09. The Morgan fingerprint density at radius 1 is 1.09 bits per heavy atom. The van der Waals surface area contributed by atoms with Crippen molar-refractivity contribution >= 4 is 57.4 Å². The van der Waals surface area contributed by atoms with Crippen LogP contribution in [0.1, 0.15) is 16.1 Å². The van der Waals surface area contributed by atoms with E-state index in [4.69, 9.17) is 44.3 Å². The molecule has 118 valence electrons. The van der Waals surface area contributed by atoms with Crippen LogP contribution in [0.4, 0.5) is 5.69 Å². The molecule has 0 saturated carbocycles. The lowest BCUT2D eigenvalue weighted by Gasteiger charge is -2.09. The average Bonchev–Trinajstić information content (AvgIpc) is 2.94. The van der Waals surface area contributed by atoms with Crippen LogP contribution in [0, 0.1) is 0 Å². The van der Waals surface area contributed by atoms with Crippen molar-refractivity contribution in [3.05, 3.63) is 62.8 Å². The molecule has 23 heavy (non-hydrogen) atoms. The standard InChI is InChI=1S/C16H10Cl3NO3/c17-11-5-10(6-12(18)15(11)19)20-7-8-1-2-9-4-14(16(21)22)23-13(9)3-8/h1-6,20H,7H2,(H,21,22). The first-order chi connectivity index (χ1) is 10.9. The maximum atomic E-state index is 10.9. The van der Waals surface area contributed by atoms with Crippen molar-refractivity contribution in [2.45, 2.75) is 6.54 Å². The zero-order valence-corrected chi connectivity index (χ0v) is 13.8. The Hall–Kier alpha value is -1.88. The summed E-state index contributed by atoms with van der Waals surface area (Å²) in [5.74, 6) is -1.17. The fraction of sp³-hybridized carbons (Fsp3) is 0.0625. The molecule has 7 heteroatoms. The third kappa shape index (κ3) is 3.39. The van der Waals surface area contributed by atoms with Gasteiger partial charge >= 0.3 is 5.97 Å². The second kappa shape index (κ2) is 6.32. The zero-order chi connectivity index (χ0) is 16.6. The topological polar surface area (TPSA) is 62.5 Å². The van der Waals surface area contributed by atoms with Gasteiger partial charge in [-0.15, -0.1) is 0 Å². The van der Waals surface area contributed by atoms with Crippen molar-refractivity contribution < 1.29 is 14.3 Å². The average molecular weight is 371 g/mol. The third-order valence-electron chi connectivity index (χ3n) is 3.28. The molecule has 0 fully saturated rings. The summed E-state index contributed by atoms with van der Waals surface area (Å²) in [4.78, 5) is 10.9. The van der Waals surface area contributed by atoms with Gasteiger partial charge < -0.3 is 14.8 Å². The summed E-state index contributed by atoms with van der Waals surface area (Å²) in [5.41, 5.74) is 2.18. The van der Waals surface area contributed by atoms with E-state index in [-0.39, 0.29) is 5.76 Å². The first kappa shape index (κ1) is 16.0. The molecule has 0 bridgehead atoms. The fourth-order valence-corrected chi connectivity index (χ4v) is 2.75. The van der Waals surface area contributed by atoms with E-state index in [0.717, 1.165) is 16.6 Å². The van der Waals surface area contributed by atoms with Gasteiger partial charge in [-0.2, -0.15) is 0 Å². The number of hydrogen-bond donors (Lipinski definition) is 2. The molecule has 2 N–H and O–H groups in total. The van der Waals surface area contributed by atoms with Crippen molar-refractivity contribution in [3.8, 4) is 0 Å². The summed E-state index contributed by atoms with van der Waals surface area (Å²) < 4.78 is 5.29. The van der Waals surface area contributed by atoms with Crippen molar-refractivity contribution in [2.24, 2.45) is 0 Å². The number of carboxylic acid groups (broad SMARTS) is 1. The molecule has 1 heterocycles. The lowest BCUT2D eigenvalue weighted by molar-refractivity contribution is 0.0665. The molecule has 0 unspecified atom stereocenters. The highest BCUT2D eigenvalue weighted by Gasteiger charge is 2.11. The molecule has 0 radical (unpaired) electrons. The molecule has 2 aromatic carbocycles. The number of furan rings is 1. The fourth-order valence-electron chi connectivity index (χ4n) is 2.15. The van der Waals surface area contributed by atoms with Crippen molar-refractivity contribution in [3.63, 3.8) is 0 Å². The molecule has 4 nitrogen and oxygen atoms in total. The molecule has 0 saturated heterocycles.